The van der Waals surface area contributed by atoms with Gasteiger partial charge in [0.25, 0.3) is 0 Å². The minimum absolute atomic E-state index is 0.0821. The summed E-state index contributed by atoms with van der Waals surface area (Å²) in [7, 11) is 0. The molecule has 106 valence electrons. The van der Waals surface area contributed by atoms with Crippen molar-refractivity contribution >= 4 is 17.0 Å². The standard InChI is InChI=1S/C14H16N2O4/c17-11-7-2-1-6-10(11)16-12-8(13(18)19)4-3-5-9(12)15-14(16)20/h3-5,10-11,17H,1-2,6-7H2,(H,15,20)(H,18,19). The fourth-order valence-corrected chi connectivity index (χ4v) is 3.06. The fraction of sp³-hybridized carbons (Fsp3) is 0.429. The first-order chi connectivity index (χ1) is 9.59. The van der Waals surface area contributed by atoms with E-state index in [4.69, 9.17) is 0 Å². The van der Waals surface area contributed by atoms with Crippen LogP contribution in [0.25, 0.3) is 11.0 Å². The van der Waals surface area contributed by atoms with Gasteiger partial charge >= 0.3 is 11.7 Å². The van der Waals surface area contributed by atoms with Crippen LogP contribution in [0.3, 0.4) is 0 Å². The van der Waals surface area contributed by atoms with Crippen LogP contribution in [0.4, 0.5) is 0 Å². The van der Waals surface area contributed by atoms with Gasteiger partial charge in [-0.15, -0.1) is 0 Å². The highest BCUT2D eigenvalue weighted by molar-refractivity contribution is 6.01. The first-order valence-corrected chi connectivity index (χ1v) is 6.74. The molecule has 1 aromatic carbocycles. The maximum atomic E-state index is 12.2. The van der Waals surface area contributed by atoms with E-state index in [0.29, 0.717) is 23.9 Å². The lowest BCUT2D eigenvalue weighted by atomic mass is 9.92. The van der Waals surface area contributed by atoms with Crippen molar-refractivity contribution in [2.24, 2.45) is 0 Å². The van der Waals surface area contributed by atoms with Gasteiger partial charge in [0.1, 0.15) is 0 Å². The molecule has 3 N–H and O–H groups in total. The molecule has 0 aliphatic heterocycles. The predicted molar refractivity (Wildman–Crippen MR) is 73.0 cm³/mol. The first kappa shape index (κ1) is 12.9. The smallest absolute Gasteiger partial charge is 0.337 e. The van der Waals surface area contributed by atoms with Crippen molar-refractivity contribution in [3.05, 3.63) is 34.2 Å². The molecule has 20 heavy (non-hydrogen) atoms. The maximum absolute atomic E-state index is 12.2. The highest BCUT2D eigenvalue weighted by Gasteiger charge is 2.29. The molecule has 1 aromatic heterocycles. The largest absolute Gasteiger partial charge is 0.478 e. The fourth-order valence-electron chi connectivity index (χ4n) is 3.06. The predicted octanol–water partition coefficient (Wildman–Crippen LogP) is 1.50. The molecular formula is C14H16N2O4. The van der Waals surface area contributed by atoms with E-state index in [1.54, 1.807) is 12.1 Å². The van der Waals surface area contributed by atoms with Gasteiger partial charge in [-0.05, 0) is 25.0 Å². The number of carboxylic acid groups (broad SMARTS) is 1. The zero-order valence-corrected chi connectivity index (χ0v) is 10.9. The monoisotopic (exact) mass is 276 g/mol. The van der Waals surface area contributed by atoms with Crippen molar-refractivity contribution in [1.82, 2.24) is 9.55 Å². The van der Waals surface area contributed by atoms with Crippen molar-refractivity contribution in [1.29, 1.82) is 0 Å². The van der Waals surface area contributed by atoms with Gasteiger partial charge in [0.2, 0.25) is 0 Å². The first-order valence-electron chi connectivity index (χ1n) is 6.74. The molecule has 3 rings (SSSR count). The van der Waals surface area contributed by atoms with E-state index in [2.05, 4.69) is 4.98 Å². The third-order valence-corrected chi connectivity index (χ3v) is 3.99. The number of nitrogens with one attached hydrogen (secondary N) is 1. The van der Waals surface area contributed by atoms with E-state index >= 15 is 0 Å². The molecule has 2 aromatic rings. The Kier molecular flexibility index (Phi) is 3.10. The number of H-pyrrole nitrogens is 1. The van der Waals surface area contributed by atoms with Crippen LogP contribution in [-0.2, 0) is 0 Å². The van der Waals surface area contributed by atoms with Gasteiger partial charge in [-0.2, -0.15) is 0 Å². The average molecular weight is 276 g/mol. The number of carboxylic acids is 1. The summed E-state index contributed by atoms with van der Waals surface area (Å²) in [6, 6.07) is 4.40. The van der Waals surface area contributed by atoms with E-state index in [9.17, 15) is 19.8 Å². The topological polar surface area (TPSA) is 95.3 Å². The lowest BCUT2D eigenvalue weighted by Gasteiger charge is -2.28. The highest BCUT2D eigenvalue weighted by atomic mass is 16.4. The number of aliphatic hydroxyl groups excluding tert-OH is 1. The van der Waals surface area contributed by atoms with Crippen LogP contribution in [0.2, 0.25) is 0 Å². The molecule has 0 bridgehead atoms. The van der Waals surface area contributed by atoms with Crippen molar-refractivity contribution in [2.75, 3.05) is 0 Å². The van der Waals surface area contributed by atoms with Crippen LogP contribution in [-0.4, -0.2) is 31.8 Å². The van der Waals surface area contributed by atoms with Gasteiger partial charge < -0.3 is 15.2 Å². The van der Waals surface area contributed by atoms with Crippen molar-refractivity contribution in [3.63, 3.8) is 0 Å². The summed E-state index contributed by atoms with van der Waals surface area (Å²) in [5.74, 6) is -1.08. The molecular weight excluding hydrogens is 260 g/mol. The lowest BCUT2D eigenvalue weighted by Crippen LogP contribution is -2.33. The van der Waals surface area contributed by atoms with Crippen LogP contribution in [0.1, 0.15) is 42.1 Å². The molecule has 1 fully saturated rings. The molecule has 2 atom stereocenters. The minimum atomic E-state index is -1.08. The highest BCUT2D eigenvalue weighted by Crippen LogP contribution is 2.30. The Balaban J connectivity index is 2.26. The normalized spacial score (nSPS) is 23.1. The molecule has 6 heteroatoms. The maximum Gasteiger partial charge on any atom is 0.337 e. The Morgan fingerprint density at radius 1 is 1.30 bits per heavy atom. The van der Waals surface area contributed by atoms with E-state index < -0.39 is 12.1 Å². The molecule has 0 amide bonds. The number of imidazole rings is 1. The Morgan fingerprint density at radius 3 is 2.75 bits per heavy atom. The van der Waals surface area contributed by atoms with Crippen molar-refractivity contribution < 1.29 is 15.0 Å². The summed E-state index contributed by atoms with van der Waals surface area (Å²) in [6.45, 7) is 0. The van der Waals surface area contributed by atoms with Gasteiger partial charge in [0.15, 0.2) is 0 Å². The number of carbonyl (C=O) groups is 1. The second kappa shape index (κ2) is 4.79. The number of benzene rings is 1. The third-order valence-electron chi connectivity index (χ3n) is 3.99. The Hall–Kier alpha value is -2.08. The van der Waals surface area contributed by atoms with E-state index in [0.717, 1.165) is 12.8 Å². The quantitative estimate of drug-likeness (QED) is 0.774. The van der Waals surface area contributed by atoms with Crippen molar-refractivity contribution in [3.8, 4) is 0 Å². The Labute approximate surface area is 114 Å². The Morgan fingerprint density at radius 2 is 2.05 bits per heavy atom. The van der Waals surface area contributed by atoms with E-state index in [-0.39, 0.29) is 17.3 Å². The summed E-state index contributed by atoms with van der Waals surface area (Å²) < 4.78 is 1.42. The lowest BCUT2D eigenvalue weighted by molar-refractivity contribution is 0.0689. The second-order valence-corrected chi connectivity index (χ2v) is 5.23. The Bertz CT molecular complexity index is 716. The van der Waals surface area contributed by atoms with Crippen LogP contribution in [0, 0.1) is 0 Å². The number of rotatable bonds is 2. The summed E-state index contributed by atoms with van der Waals surface area (Å²) >= 11 is 0. The number of para-hydroxylation sites is 1. The zero-order valence-electron chi connectivity index (χ0n) is 10.9. The minimum Gasteiger partial charge on any atom is -0.478 e. The SMILES string of the molecule is O=C(O)c1cccc2[nH]c(=O)n(C3CCCCC3O)c12. The molecule has 6 nitrogen and oxygen atoms in total. The van der Waals surface area contributed by atoms with Gasteiger partial charge in [0, 0.05) is 0 Å². The molecule has 1 aliphatic rings. The summed E-state index contributed by atoms with van der Waals surface area (Å²) in [6.07, 6.45) is 2.57. The van der Waals surface area contributed by atoms with Crippen LogP contribution in [0.15, 0.2) is 23.0 Å². The van der Waals surface area contributed by atoms with Gasteiger partial charge in [-0.25, -0.2) is 9.59 Å². The van der Waals surface area contributed by atoms with Gasteiger partial charge in [-0.3, -0.25) is 4.57 Å². The zero-order chi connectivity index (χ0) is 14.3. The number of aromatic nitrogens is 2. The molecule has 1 saturated carbocycles. The van der Waals surface area contributed by atoms with E-state index in [1.165, 1.54) is 10.6 Å². The third kappa shape index (κ3) is 1.92. The number of aromatic amines is 1. The van der Waals surface area contributed by atoms with Crippen molar-refractivity contribution in [2.45, 2.75) is 37.8 Å². The number of aromatic carboxylic acids is 1. The number of aliphatic hydroxyl groups is 1. The number of hydrogen-bond acceptors (Lipinski definition) is 3. The second-order valence-electron chi connectivity index (χ2n) is 5.23. The number of fused-ring (bicyclic) bond motifs is 1. The summed E-state index contributed by atoms with van der Waals surface area (Å²) in [5, 5.41) is 19.4. The summed E-state index contributed by atoms with van der Waals surface area (Å²) in [4.78, 5) is 26.2. The van der Waals surface area contributed by atoms with E-state index in [1.807, 2.05) is 0 Å². The number of nitrogens with zero attached hydrogens (tertiary/aromatic N) is 1. The van der Waals surface area contributed by atoms with Crippen LogP contribution < -0.4 is 5.69 Å². The summed E-state index contributed by atoms with van der Waals surface area (Å²) in [5.41, 5.74) is 0.585. The van der Waals surface area contributed by atoms with Crippen LogP contribution >= 0.6 is 0 Å². The molecule has 1 heterocycles. The number of hydrogen-bond donors (Lipinski definition) is 3. The van der Waals surface area contributed by atoms with Crippen LogP contribution in [0.5, 0.6) is 0 Å². The van der Waals surface area contributed by atoms with Gasteiger partial charge in [0.05, 0.1) is 28.7 Å². The molecule has 0 saturated heterocycles. The molecule has 0 spiro atoms. The average Bonchev–Trinajstić information content (AvgIpc) is 2.75. The molecule has 1 aliphatic carbocycles. The van der Waals surface area contributed by atoms with Gasteiger partial charge in [-0.1, -0.05) is 18.9 Å². The molecule has 2 unspecified atom stereocenters. The molecule has 0 radical (unpaired) electrons.